The van der Waals surface area contributed by atoms with E-state index in [0.29, 0.717) is 21.6 Å². The summed E-state index contributed by atoms with van der Waals surface area (Å²) in [6, 6.07) is 4.42. The van der Waals surface area contributed by atoms with Crippen LogP contribution in [-0.4, -0.2) is 12.6 Å². The molecule has 0 saturated carbocycles. The molecule has 3 nitrogen and oxygen atoms in total. The van der Waals surface area contributed by atoms with Gasteiger partial charge in [0.25, 0.3) is 0 Å². The molecule has 0 aliphatic carbocycles. The number of nitrogen functional groups attached to an aromatic ring is 1. The van der Waals surface area contributed by atoms with Crippen LogP contribution in [0.15, 0.2) is 22.7 Å². The van der Waals surface area contributed by atoms with Crippen LogP contribution >= 0.6 is 27.3 Å². The third-order valence-corrected chi connectivity index (χ3v) is 4.81. The van der Waals surface area contributed by atoms with Gasteiger partial charge in [-0.3, -0.25) is 0 Å². The predicted molar refractivity (Wildman–Crippen MR) is 82.5 cm³/mol. The van der Waals surface area contributed by atoms with E-state index in [1.165, 1.54) is 23.5 Å². The monoisotopic (exact) mass is 357 g/mol. The molecule has 1 aromatic heterocycles. The fourth-order valence-corrected chi connectivity index (χ4v) is 3.65. The van der Waals surface area contributed by atoms with Gasteiger partial charge in [0.2, 0.25) is 0 Å². The molecule has 0 atom stereocenters. The third-order valence-electron chi connectivity index (χ3n) is 2.83. The van der Waals surface area contributed by atoms with Crippen molar-refractivity contribution in [3.8, 4) is 10.4 Å². The second-order valence-electron chi connectivity index (χ2n) is 4.14. The van der Waals surface area contributed by atoms with Crippen LogP contribution in [-0.2, 0) is 4.74 Å². The van der Waals surface area contributed by atoms with E-state index in [0.717, 1.165) is 16.0 Å². The topological polar surface area (TPSA) is 52.3 Å². The summed E-state index contributed by atoms with van der Waals surface area (Å²) in [6.07, 6.45) is 0. The first-order valence-electron chi connectivity index (χ1n) is 5.97. The molecule has 0 aliphatic rings. The lowest BCUT2D eigenvalue weighted by Gasteiger charge is -2.03. The highest BCUT2D eigenvalue weighted by atomic mass is 79.9. The van der Waals surface area contributed by atoms with Gasteiger partial charge in [0.1, 0.15) is 10.7 Å². The molecule has 0 saturated heterocycles. The summed E-state index contributed by atoms with van der Waals surface area (Å²) >= 11 is 4.58. The van der Waals surface area contributed by atoms with E-state index in [1.807, 2.05) is 6.92 Å². The van der Waals surface area contributed by atoms with Crippen molar-refractivity contribution in [1.29, 1.82) is 0 Å². The minimum Gasteiger partial charge on any atom is -0.462 e. The zero-order valence-corrected chi connectivity index (χ0v) is 13.4. The predicted octanol–water partition coefficient (Wildman–Crippen LogP) is 4.38. The van der Waals surface area contributed by atoms with Gasteiger partial charge in [-0.25, -0.2) is 9.18 Å². The molecule has 0 unspecified atom stereocenters. The van der Waals surface area contributed by atoms with Crippen LogP contribution in [0.4, 0.5) is 10.1 Å². The number of benzene rings is 1. The maximum atomic E-state index is 13.2. The molecule has 0 bridgehead atoms. The Morgan fingerprint density at radius 3 is 2.80 bits per heavy atom. The van der Waals surface area contributed by atoms with E-state index in [9.17, 15) is 9.18 Å². The second kappa shape index (κ2) is 5.93. The molecule has 0 amide bonds. The first-order chi connectivity index (χ1) is 9.45. The lowest BCUT2D eigenvalue weighted by atomic mass is 10.1. The highest BCUT2D eigenvalue weighted by Gasteiger charge is 2.21. The van der Waals surface area contributed by atoms with Crippen LogP contribution < -0.4 is 5.73 Å². The van der Waals surface area contributed by atoms with Gasteiger partial charge >= 0.3 is 5.97 Å². The number of esters is 1. The Balaban J connectivity index is 2.53. The van der Waals surface area contributed by atoms with Crippen molar-refractivity contribution >= 4 is 38.9 Å². The van der Waals surface area contributed by atoms with Crippen molar-refractivity contribution in [3.05, 3.63) is 38.9 Å². The number of anilines is 1. The van der Waals surface area contributed by atoms with Gasteiger partial charge in [0.15, 0.2) is 0 Å². The van der Waals surface area contributed by atoms with Gasteiger partial charge in [-0.2, -0.15) is 0 Å². The van der Waals surface area contributed by atoms with Crippen LogP contribution in [0.1, 0.15) is 22.2 Å². The molecule has 0 spiro atoms. The van der Waals surface area contributed by atoms with E-state index in [1.54, 1.807) is 13.0 Å². The lowest BCUT2D eigenvalue weighted by molar-refractivity contribution is 0.0533. The summed E-state index contributed by atoms with van der Waals surface area (Å²) in [7, 11) is 0. The molecule has 2 N–H and O–H groups in total. The highest BCUT2D eigenvalue weighted by Crippen LogP contribution is 2.41. The molecule has 0 aliphatic heterocycles. The van der Waals surface area contributed by atoms with E-state index in [2.05, 4.69) is 15.9 Å². The Morgan fingerprint density at radius 2 is 2.20 bits per heavy atom. The van der Waals surface area contributed by atoms with Gasteiger partial charge in [0.05, 0.1) is 12.3 Å². The molecule has 106 valence electrons. The zero-order chi connectivity index (χ0) is 14.9. The first-order valence-corrected chi connectivity index (χ1v) is 7.58. The molecule has 0 fully saturated rings. The molecule has 2 rings (SSSR count). The maximum Gasteiger partial charge on any atom is 0.350 e. The van der Waals surface area contributed by atoms with E-state index in [4.69, 9.17) is 10.5 Å². The summed E-state index contributed by atoms with van der Waals surface area (Å²) in [5.41, 5.74) is 7.99. The minimum atomic E-state index is -0.428. The largest absolute Gasteiger partial charge is 0.462 e. The van der Waals surface area contributed by atoms with Crippen molar-refractivity contribution in [2.45, 2.75) is 13.8 Å². The van der Waals surface area contributed by atoms with Crippen molar-refractivity contribution in [3.63, 3.8) is 0 Å². The van der Waals surface area contributed by atoms with Crippen LogP contribution in [0.5, 0.6) is 0 Å². The summed E-state index contributed by atoms with van der Waals surface area (Å²) in [4.78, 5) is 13.1. The fraction of sp³-hybridized carbons (Fsp3) is 0.214. The van der Waals surface area contributed by atoms with Gasteiger partial charge in [0, 0.05) is 14.9 Å². The van der Waals surface area contributed by atoms with E-state index < -0.39 is 5.97 Å². The van der Waals surface area contributed by atoms with E-state index in [-0.39, 0.29) is 5.82 Å². The summed E-state index contributed by atoms with van der Waals surface area (Å²) < 4.78 is 18.8. The SMILES string of the molecule is CCOC(=O)c1sc(-c2ccc(F)cc2Br)c(C)c1N. The van der Waals surface area contributed by atoms with Crippen molar-refractivity contribution < 1.29 is 13.9 Å². The summed E-state index contributed by atoms with van der Waals surface area (Å²) in [5, 5.41) is 0. The molecule has 6 heteroatoms. The van der Waals surface area contributed by atoms with Crippen LogP contribution in [0.3, 0.4) is 0 Å². The van der Waals surface area contributed by atoms with Crippen molar-refractivity contribution in [2.24, 2.45) is 0 Å². The average molecular weight is 358 g/mol. The molecule has 1 heterocycles. The molecular weight excluding hydrogens is 345 g/mol. The Morgan fingerprint density at radius 1 is 1.50 bits per heavy atom. The third kappa shape index (κ3) is 2.71. The zero-order valence-electron chi connectivity index (χ0n) is 11.0. The quantitative estimate of drug-likeness (QED) is 0.829. The normalized spacial score (nSPS) is 10.6. The number of nitrogens with two attached hydrogens (primary N) is 1. The molecule has 2 aromatic rings. The Bertz CT molecular complexity index is 669. The summed E-state index contributed by atoms with van der Waals surface area (Å²) in [6.45, 7) is 3.87. The smallest absolute Gasteiger partial charge is 0.350 e. The number of ether oxygens (including phenoxy) is 1. The number of carbonyl (C=O) groups is 1. The molecule has 1 aromatic carbocycles. The Labute approximate surface area is 128 Å². The Kier molecular flexibility index (Phi) is 4.45. The van der Waals surface area contributed by atoms with Gasteiger partial charge in [-0.1, -0.05) is 15.9 Å². The number of halogens is 2. The number of thiophene rings is 1. The van der Waals surface area contributed by atoms with Gasteiger partial charge in [-0.05, 0) is 37.6 Å². The molecule has 20 heavy (non-hydrogen) atoms. The molecule has 0 radical (unpaired) electrons. The number of hydrogen-bond donors (Lipinski definition) is 1. The van der Waals surface area contributed by atoms with Crippen LogP contribution in [0.2, 0.25) is 0 Å². The molecular formula is C14H13BrFNO2S. The van der Waals surface area contributed by atoms with Crippen molar-refractivity contribution in [1.82, 2.24) is 0 Å². The summed E-state index contributed by atoms with van der Waals surface area (Å²) in [5.74, 6) is -0.754. The minimum absolute atomic E-state index is 0.296. The number of carbonyl (C=O) groups excluding carboxylic acids is 1. The second-order valence-corrected chi connectivity index (χ2v) is 6.02. The number of hydrogen-bond acceptors (Lipinski definition) is 4. The lowest BCUT2D eigenvalue weighted by Crippen LogP contribution is -2.05. The maximum absolute atomic E-state index is 13.2. The first kappa shape index (κ1) is 15.0. The van der Waals surface area contributed by atoms with E-state index >= 15 is 0 Å². The van der Waals surface area contributed by atoms with Crippen molar-refractivity contribution in [2.75, 3.05) is 12.3 Å². The number of rotatable bonds is 3. The van der Waals surface area contributed by atoms with Gasteiger partial charge in [-0.15, -0.1) is 11.3 Å². The standard InChI is InChI=1S/C14H13BrFNO2S/c1-3-19-14(18)13-11(17)7(2)12(20-13)9-5-4-8(16)6-10(9)15/h4-6H,3,17H2,1-2H3. The Hall–Kier alpha value is -1.40. The fourth-order valence-electron chi connectivity index (χ4n) is 1.81. The van der Waals surface area contributed by atoms with Crippen LogP contribution in [0.25, 0.3) is 10.4 Å². The highest BCUT2D eigenvalue weighted by molar-refractivity contribution is 9.10. The van der Waals surface area contributed by atoms with Crippen LogP contribution in [0, 0.1) is 12.7 Å². The average Bonchev–Trinajstić information content (AvgIpc) is 2.67. The van der Waals surface area contributed by atoms with Gasteiger partial charge < -0.3 is 10.5 Å².